The number of thiophene rings is 1. The molecule has 0 N–H and O–H groups in total. The number of carbonyl (C=O) groups is 1. The van der Waals surface area contributed by atoms with E-state index in [0.29, 0.717) is 12.5 Å². The zero-order valence-corrected chi connectivity index (χ0v) is 16.7. The molecule has 3 aromatic heterocycles. The summed E-state index contributed by atoms with van der Waals surface area (Å²) < 4.78 is 7.60. The van der Waals surface area contributed by atoms with Crippen LogP contribution in [0.25, 0.3) is 15.9 Å². The van der Waals surface area contributed by atoms with Crippen LogP contribution in [-0.2, 0) is 17.8 Å². The van der Waals surface area contributed by atoms with E-state index in [4.69, 9.17) is 4.74 Å². The first kappa shape index (κ1) is 17.1. The molecule has 8 heteroatoms. The molecule has 27 heavy (non-hydrogen) atoms. The van der Waals surface area contributed by atoms with Crippen molar-refractivity contribution in [1.29, 1.82) is 0 Å². The molecule has 1 atom stereocenters. The summed E-state index contributed by atoms with van der Waals surface area (Å²) in [7, 11) is 0. The van der Waals surface area contributed by atoms with Gasteiger partial charge in [-0.3, -0.25) is 4.79 Å². The van der Waals surface area contributed by atoms with Gasteiger partial charge in [-0.25, -0.2) is 14.5 Å². The smallest absolute Gasteiger partial charge is 0.293 e. The summed E-state index contributed by atoms with van der Waals surface area (Å²) in [5, 5.41) is 5.47. The molecule has 142 valence electrons. The van der Waals surface area contributed by atoms with Gasteiger partial charge >= 0.3 is 0 Å². The second-order valence-corrected chi connectivity index (χ2v) is 9.44. The summed E-state index contributed by atoms with van der Waals surface area (Å²) in [6.07, 6.45) is 4.68. The van der Waals surface area contributed by atoms with E-state index < -0.39 is 0 Å². The number of hydrogen-bond acceptors (Lipinski definition) is 6. The number of rotatable bonds is 1. The molecule has 0 aromatic carbocycles. The average Bonchev–Trinajstić information content (AvgIpc) is 3.20. The third-order valence-corrected chi connectivity index (χ3v) is 6.66. The lowest BCUT2D eigenvalue weighted by Gasteiger charge is -2.30. The van der Waals surface area contributed by atoms with Crippen molar-refractivity contribution in [2.75, 3.05) is 13.1 Å². The Labute approximate surface area is 161 Å². The second-order valence-electron chi connectivity index (χ2n) is 8.36. The minimum atomic E-state index is -0.212. The first-order valence-corrected chi connectivity index (χ1v) is 10.3. The standard InChI is InChI=1S/C19H23N5O2S/c1-11-5-4-6-23(8-11)18(25)15-21-16-14-12-7-19(2,3)26-9-13(12)27-17(14)20-10-24(16)22-15/h10-11H,4-9H2,1-3H3/t11-/m1/s1. The van der Waals surface area contributed by atoms with E-state index in [1.165, 1.54) is 16.9 Å². The molecule has 0 radical (unpaired) electrons. The van der Waals surface area contributed by atoms with Crippen molar-refractivity contribution in [2.45, 2.75) is 52.2 Å². The molecule has 0 saturated carbocycles. The van der Waals surface area contributed by atoms with Crippen molar-refractivity contribution in [3.8, 4) is 0 Å². The number of piperidine rings is 1. The quantitative estimate of drug-likeness (QED) is 0.644. The van der Waals surface area contributed by atoms with Gasteiger partial charge in [0.1, 0.15) is 11.2 Å². The van der Waals surface area contributed by atoms with Crippen molar-refractivity contribution in [1.82, 2.24) is 24.5 Å². The molecule has 3 aromatic rings. The number of likely N-dealkylation sites (tertiary alicyclic amines) is 1. The molecule has 7 nitrogen and oxygen atoms in total. The zero-order chi connectivity index (χ0) is 18.8. The maximum atomic E-state index is 12.9. The molecule has 0 spiro atoms. The molecule has 0 unspecified atom stereocenters. The highest BCUT2D eigenvalue weighted by atomic mass is 32.1. The lowest BCUT2D eigenvalue weighted by Crippen LogP contribution is -2.39. The second kappa shape index (κ2) is 5.97. The first-order chi connectivity index (χ1) is 12.9. The average molecular weight is 385 g/mol. The molecule has 2 aliphatic rings. The van der Waals surface area contributed by atoms with Crippen LogP contribution in [0.3, 0.4) is 0 Å². The molecular weight excluding hydrogens is 362 g/mol. The van der Waals surface area contributed by atoms with Crippen molar-refractivity contribution in [3.63, 3.8) is 0 Å². The number of nitrogens with zero attached hydrogens (tertiary/aromatic N) is 5. The highest BCUT2D eigenvalue weighted by molar-refractivity contribution is 7.19. The summed E-state index contributed by atoms with van der Waals surface area (Å²) in [5.74, 6) is 0.718. The van der Waals surface area contributed by atoms with Gasteiger partial charge in [-0.1, -0.05) is 6.92 Å². The molecule has 5 heterocycles. The lowest BCUT2D eigenvalue weighted by atomic mass is 9.94. The van der Waals surface area contributed by atoms with Gasteiger partial charge in [0.15, 0.2) is 5.65 Å². The van der Waals surface area contributed by atoms with Crippen LogP contribution >= 0.6 is 11.3 Å². The Morgan fingerprint density at radius 3 is 3.07 bits per heavy atom. The Morgan fingerprint density at radius 2 is 2.26 bits per heavy atom. The highest BCUT2D eigenvalue weighted by Gasteiger charge is 2.31. The third-order valence-electron chi connectivity index (χ3n) is 5.54. The summed E-state index contributed by atoms with van der Waals surface area (Å²) in [4.78, 5) is 26.2. The van der Waals surface area contributed by atoms with Crippen molar-refractivity contribution in [3.05, 3.63) is 22.6 Å². The van der Waals surface area contributed by atoms with Crippen LogP contribution in [0.4, 0.5) is 0 Å². The lowest BCUT2D eigenvalue weighted by molar-refractivity contribution is -0.0379. The summed E-state index contributed by atoms with van der Waals surface area (Å²) in [6.45, 7) is 8.55. The Bertz CT molecular complexity index is 1050. The molecule has 0 bridgehead atoms. The van der Waals surface area contributed by atoms with Crippen LogP contribution < -0.4 is 0 Å². The predicted octanol–water partition coefficient (Wildman–Crippen LogP) is 3.06. The molecular formula is C19H23N5O2S. The number of hydrogen-bond donors (Lipinski definition) is 0. The maximum Gasteiger partial charge on any atom is 0.293 e. The Morgan fingerprint density at radius 1 is 1.41 bits per heavy atom. The Balaban J connectivity index is 1.60. The normalized spacial score (nSPS) is 22.3. The molecule has 1 saturated heterocycles. The van der Waals surface area contributed by atoms with Crippen molar-refractivity contribution >= 4 is 33.1 Å². The van der Waals surface area contributed by atoms with E-state index >= 15 is 0 Å². The van der Waals surface area contributed by atoms with Gasteiger partial charge in [-0.2, -0.15) is 0 Å². The van der Waals surface area contributed by atoms with Crippen molar-refractivity contribution < 1.29 is 9.53 Å². The SMILES string of the molecule is C[C@@H]1CCCN(C(=O)c2nc3c4c5c(sc4ncn3n2)COC(C)(C)C5)C1. The molecule has 1 fully saturated rings. The minimum Gasteiger partial charge on any atom is -0.370 e. The van der Waals surface area contributed by atoms with Gasteiger partial charge in [0, 0.05) is 24.4 Å². The van der Waals surface area contributed by atoms with E-state index in [1.807, 2.05) is 4.90 Å². The van der Waals surface area contributed by atoms with Gasteiger partial charge in [-0.05, 0) is 38.2 Å². The van der Waals surface area contributed by atoms with Gasteiger partial charge in [0.25, 0.3) is 5.91 Å². The topological polar surface area (TPSA) is 72.6 Å². The highest BCUT2D eigenvalue weighted by Crippen LogP contribution is 2.39. The molecule has 0 aliphatic carbocycles. The van der Waals surface area contributed by atoms with Crippen LogP contribution in [0.5, 0.6) is 0 Å². The van der Waals surface area contributed by atoms with E-state index in [9.17, 15) is 4.79 Å². The minimum absolute atomic E-state index is 0.0776. The molecule has 2 aliphatic heterocycles. The van der Waals surface area contributed by atoms with Gasteiger partial charge < -0.3 is 9.64 Å². The van der Waals surface area contributed by atoms with Gasteiger partial charge in [0.2, 0.25) is 5.82 Å². The first-order valence-electron chi connectivity index (χ1n) is 9.50. The zero-order valence-electron chi connectivity index (χ0n) is 15.9. The summed E-state index contributed by atoms with van der Waals surface area (Å²) in [5.41, 5.74) is 1.75. The van der Waals surface area contributed by atoms with Crippen LogP contribution in [0.1, 0.15) is 54.7 Å². The maximum absolute atomic E-state index is 12.9. The number of carbonyl (C=O) groups excluding carboxylic acids is 1. The van der Waals surface area contributed by atoms with Crippen LogP contribution in [-0.4, -0.2) is 49.1 Å². The van der Waals surface area contributed by atoms with E-state index in [2.05, 4.69) is 35.8 Å². The van der Waals surface area contributed by atoms with E-state index in [-0.39, 0.29) is 17.3 Å². The number of amides is 1. The van der Waals surface area contributed by atoms with Crippen LogP contribution in [0.2, 0.25) is 0 Å². The fourth-order valence-corrected chi connectivity index (χ4v) is 5.21. The number of fused-ring (bicyclic) bond motifs is 5. The van der Waals surface area contributed by atoms with Crippen molar-refractivity contribution in [2.24, 2.45) is 5.92 Å². The summed E-state index contributed by atoms with van der Waals surface area (Å²) >= 11 is 1.65. The van der Waals surface area contributed by atoms with Gasteiger partial charge in [0.05, 0.1) is 17.6 Å². The molecule has 5 rings (SSSR count). The van der Waals surface area contributed by atoms with Crippen LogP contribution in [0.15, 0.2) is 6.33 Å². The Kier molecular flexibility index (Phi) is 3.77. The fraction of sp³-hybridized carbons (Fsp3) is 0.579. The monoisotopic (exact) mass is 385 g/mol. The van der Waals surface area contributed by atoms with Crippen LogP contribution in [0, 0.1) is 5.92 Å². The predicted molar refractivity (Wildman–Crippen MR) is 103 cm³/mol. The number of ether oxygens (including phenoxy) is 1. The van der Waals surface area contributed by atoms with Gasteiger partial charge in [-0.15, -0.1) is 16.4 Å². The van der Waals surface area contributed by atoms with E-state index in [1.54, 1.807) is 22.2 Å². The number of aromatic nitrogens is 4. The molecule has 1 amide bonds. The fourth-order valence-electron chi connectivity index (χ4n) is 4.15. The largest absolute Gasteiger partial charge is 0.370 e. The third kappa shape index (κ3) is 2.82. The Hall–Kier alpha value is -2.06. The van der Waals surface area contributed by atoms with E-state index in [0.717, 1.165) is 41.8 Å². The summed E-state index contributed by atoms with van der Waals surface area (Å²) in [6, 6.07) is 0.